The zero-order chi connectivity index (χ0) is 13.2. The van der Waals surface area contributed by atoms with E-state index in [2.05, 4.69) is 25.7 Å². The van der Waals surface area contributed by atoms with Gasteiger partial charge in [-0.05, 0) is 67.0 Å². The number of carbonyl (C=O) groups is 1. The molecule has 3 nitrogen and oxygen atoms in total. The van der Waals surface area contributed by atoms with Gasteiger partial charge in [0, 0.05) is 12.6 Å². The molecule has 0 radical (unpaired) electrons. The van der Waals surface area contributed by atoms with Gasteiger partial charge >= 0.3 is 0 Å². The molecule has 2 saturated heterocycles. The Balaban J connectivity index is 1.61. The second-order valence-corrected chi connectivity index (χ2v) is 7.91. The molecule has 1 atom stereocenters. The molecule has 19 heavy (non-hydrogen) atoms. The van der Waals surface area contributed by atoms with Gasteiger partial charge in [0.15, 0.2) is 5.78 Å². The Labute approximate surface area is 126 Å². The van der Waals surface area contributed by atoms with Crippen molar-refractivity contribution in [2.75, 3.05) is 32.7 Å². The molecule has 2 aliphatic heterocycles. The van der Waals surface area contributed by atoms with Gasteiger partial charge < -0.3 is 0 Å². The van der Waals surface area contributed by atoms with Crippen LogP contribution >= 0.6 is 27.3 Å². The zero-order valence-electron chi connectivity index (χ0n) is 11.0. The van der Waals surface area contributed by atoms with E-state index < -0.39 is 0 Å². The minimum absolute atomic E-state index is 0.266. The highest BCUT2D eigenvalue weighted by atomic mass is 79.9. The molecule has 0 amide bonds. The first-order valence-electron chi connectivity index (χ1n) is 6.97. The minimum Gasteiger partial charge on any atom is -0.299 e. The molecule has 1 aromatic heterocycles. The predicted octanol–water partition coefficient (Wildman–Crippen LogP) is 2.86. The maximum absolute atomic E-state index is 12.3. The molecular formula is C14H19BrN2OS. The molecule has 1 aromatic rings. The van der Waals surface area contributed by atoms with Gasteiger partial charge in [-0.1, -0.05) is 0 Å². The van der Waals surface area contributed by atoms with Crippen molar-refractivity contribution in [1.82, 2.24) is 9.80 Å². The number of rotatable bonds is 3. The number of hydrogen-bond donors (Lipinski definition) is 0. The van der Waals surface area contributed by atoms with Gasteiger partial charge in [-0.25, -0.2) is 0 Å². The Morgan fingerprint density at radius 1 is 1.32 bits per heavy atom. The van der Waals surface area contributed by atoms with Crippen LogP contribution in [0.1, 0.15) is 28.9 Å². The number of hydrogen-bond acceptors (Lipinski definition) is 4. The van der Waals surface area contributed by atoms with Crippen LogP contribution in [0.15, 0.2) is 15.9 Å². The summed E-state index contributed by atoms with van der Waals surface area (Å²) in [5.41, 5.74) is 0. The van der Waals surface area contributed by atoms with Gasteiger partial charge in [0.05, 0.1) is 15.2 Å². The average molecular weight is 343 g/mol. The van der Waals surface area contributed by atoms with Crippen LogP contribution in [-0.2, 0) is 0 Å². The molecule has 104 valence electrons. The molecule has 5 heteroatoms. The maximum atomic E-state index is 12.3. The quantitative estimate of drug-likeness (QED) is 0.789. The molecular weight excluding hydrogens is 324 g/mol. The number of halogens is 1. The first-order valence-corrected chi connectivity index (χ1v) is 8.58. The van der Waals surface area contributed by atoms with E-state index in [1.165, 1.54) is 43.7 Å². The third-order valence-electron chi connectivity index (χ3n) is 4.10. The van der Waals surface area contributed by atoms with Crippen LogP contribution in [0.25, 0.3) is 0 Å². The Bertz CT molecular complexity index is 462. The molecule has 1 unspecified atom stereocenters. The molecule has 0 N–H and O–H groups in total. The van der Waals surface area contributed by atoms with Gasteiger partial charge in [0.25, 0.3) is 0 Å². The molecule has 3 heterocycles. The lowest BCUT2D eigenvalue weighted by Gasteiger charge is -2.24. The third-order valence-corrected chi connectivity index (χ3v) is 5.77. The Morgan fingerprint density at radius 2 is 2.16 bits per heavy atom. The van der Waals surface area contributed by atoms with Gasteiger partial charge in [-0.3, -0.25) is 14.6 Å². The number of ketones is 1. The van der Waals surface area contributed by atoms with Crippen LogP contribution in [0, 0.1) is 0 Å². The summed E-state index contributed by atoms with van der Waals surface area (Å²) >= 11 is 4.96. The molecule has 0 saturated carbocycles. The number of fused-ring (bicyclic) bond motifs is 1. The van der Waals surface area contributed by atoms with Crippen molar-refractivity contribution in [2.24, 2.45) is 0 Å². The van der Waals surface area contributed by atoms with Crippen LogP contribution in [0.3, 0.4) is 0 Å². The summed E-state index contributed by atoms with van der Waals surface area (Å²) in [4.78, 5) is 18.1. The lowest BCUT2D eigenvalue weighted by atomic mass is 10.2. The molecule has 3 rings (SSSR count). The van der Waals surface area contributed by atoms with E-state index in [-0.39, 0.29) is 5.78 Å². The van der Waals surface area contributed by atoms with Crippen molar-refractivity contribution in [3.8, 4) is 0 Å². The largest absolute Gasteiger partial charge is 0.299 e. The standard InChI is InChI=1S/C14H19BrN2OS/c15-14-5-4-13(19-14)12(18)10-16-6-2-8-17-7-1-3-11(17)9-16/h4-5,11H,1-3,6-10H2. The van der Waals surface area contributed by atoms with Gasteiger partial charge in [-0.2, -0.15) is 0 Å². The van der Waals surface area contributed by atoms with E-state index in [1.807, 2.05) is 12.1 Å². The highest BCUT2D eigenvalue weighted by Gasteiger charge is 2.29. The van der Waals surface area contributed by atoms with E-state index in [0.717, 1.165) is 21.8 Å². The first-order chi connectivity index (χ1) is 9.22. The number of nitrogens with zero attached hydrogens (tertiary/aromatic N) is 2. The third kappa shape index (κ3) is 3.27. The Kier molecular flexibility index (Phi) is 4.37. The topological polar surface area (TPSA) is 23.6 Å². The highest BCUT2D eigenvalue weighted by molar-refractivity contribution is 9.11. The van der Waals surface area contributed by atoms with Crippen molar-refractivity contribution >= 4 is 33.0 Å². The van der Waals surface area contributed by atoms with Crippen molar-refractivity contribution in [3.63, 3.8) is 0 Å². The van der Waals surface area contributed by atoms with Crippen LogP contribution in [0.5, 0.6) is 0 Å². The van der Waals surface area contributed by atoms with Crippen molar-refractivity contribution in [3.05, 3.63) is 20.8 Å². The maximum Gasteiger partial charge on any atom is 0.186 e. The lowest BCUT2D eigenvalue weighted by molar-refractivity contribution is 0.0929. The SMILES string of the molecule is O=C(CN1CCCN2CCCC2C1)c1ccc(Br)s1. The summed E-state index contributed by atoms with van der Waals surface area (Å²) in [5, 5.41) is 0. The Morgan fingerprint density at radius 3 is 2.95 bits per heavy atom. The fraction of sp³-hybridized carbons (Fsp3) is 0.643. The summed E-state index contributed by atoms with van der Waals surface area (Å²) in [6.07, 6.45) is 3.82. The first kappa shape index (κ1) is 13.7. The summed E-state index contributed by atoms with van der Waals surface area (Å²) in [6, 6.07) is 4.57. The van der Waals surface area contributed by atoms with Crippen molar-refractivity contribution in [1.29, 1.82) is 0 Å². The monoisotopic (exact) mass is 342 g/mol. The molecule has 0 spiro atoms. The number of carbonyl (C=O) groups excluding carboxylic acids is 1. The van der Waals surface area contributed by atoms with E-state index in [4.69, 9.17) is 0 Å². The van der Waals surface area contributed by atoms with E-state index in [1.54, 1.807) is 0 Å². The molecule has 2 aliphatic rings. The summed E-state index contributed by atoms with van der Waals surface area (Å²) in [6.45, 7) is 5.17. The minimum atomic E-state index is 0.266. The van der Waals surface area contributed by atoms with Crippen LogP contribution < -0.4 is 0 Å². The Hall–Kier alpha value is -0.230. The van der Waals surface area contributed by atoms with Crippen LogP contribution in [-0.4, -0.2) is 54.3 Å². The van der Waals surface area contributed by atoms with Crippen LogP contribution in [0.4, 0.5) is 0 Å². The summed E-state index contributed by atoms with van der Waals surface area (Å²) in [5.74, 6) is 0.266. The molecule has 0 aliphatic carbocycles. The summed E-state index contributed by atoms with van der Waals surface area (Å²) < 4.78 is 1.04. The second-order valence-electron chi connectivity index (χ2n) is 5.45. The highest BCUT2D eigenvalue weighted by Crippen LogP contribution is 2.24. The number of thiophene rings is 1. The molecule has 2 fully saturated rings. The van der Waals surface area contributed by atoms with Gasteiger partial charge in [-0.15, -0.1) is 11.3 Å². The molecule has 0 bridgehead atoms. The van der Waals surface area contributed by atoms with E-state index in [0.29, 0.717) is 12.6 Å². The zero-order valence-corrected chi connectivity index (χ0v) is 13.4. The van der Waals surface area contributed by atoms with E-state index >= 15 is 0 Å². The fourth-order valence-electron chi connectivity index (χ4n) is 3.17. The lowest BCUT2D eigenvalue weighted by Crippen LogP contribution is -2.38. The summed E-state index contributed by atoms with van der Waals surface area (Å²) in [7, 11) is 0. The van der Waals surface area contributed by atoms with Crippen LogP contribution in [0.2, 0.25) is 0 Å². The molecule has 0 aromatic carbocycles. The van der Waals surface area contributed by atoms with Gasteiger partial charge in [0.1, 0.15) is 0 Å². The fourth-order valence-corrected chi connectivity index (χ4v) is 4.49. The van der Waals surface area contributed by atoms with Gasteiger partial charge in [0.2, 0.25) is 0 Å². The normalized spacial score (nSPS) is 25.2. The average Bonchev–Trinajstić information content (AvgIpc) is 2.95. The predicted molar refractivity (Wildman–Crippen MR) is 82.0 cm³/mol. The smallest absolute Gasteiger partial charge is 0.186 e. The van der Waals surface area contributed by atoms with E-state index in [9.17, 15) is 4.79 Å². The van der Waals surface area contributed by atoms with Crippen molar-refractivity contribution in [2.45, 2.75) is 25.3 Å². The second kappa shape index (κ2) is 6.04. The number of Topliss-reactive ketones (excluding diaryl/α,β-unsaturated/α-hetero) is 1. The van der Waals surface area contributed by atoms with Crippen molar-refractivity contribution < 1.29 is 4.79 Å².